The lowest BCUT2D eigenvalue weighted by molar-refractivity contribution is -0.116. The molecule has 0 bridgehead atoms. The van der Waals surface area contributed by atoms with Crippen molar-refractivity contribution in [2.24, 2.45) is 0 Å². The topological polar surface area (TPSA) is 95.9 Å². The number of carbonyl (C=O) groups is 2. The third-order valence-corrected chi connectivity index (χ3v) is 5.70. The van der Waals surface area contributed by atoms with Crippen LogP contribution in [0.25, 0.3) is 10.9 Å². The van der Waals surface area contributed by atoms with E-state index in [-0.39, 0.29) is 34.5 Å². The highest BCUT2D eigenvalue weighted by Gasteiger charge is 2.21. The minimum atomic E-state index is -1.11. The van der Waals surface area contributed by atoms with Gasteiger partial charge in [-0.2, -0.15) is 0 Å². The van der Waals surface area contributed by atoms with E-state index in [1.807, 2.05) is 0 Å². The molecular weight excluding hydrogens is 486 g/mol. The second kappa shape index (κ2) is 10.5. The number of carbonyl (C=O) groups excluding carboxylic acids is 2. The lowest BCUT2D eigenvalue weighted by Gasteiger charge is -2.16. The van der Waals surface area contributed by atoms with Crippen molar-refractivity contribution in [3.63, 3.8) is 0 Å². The zero-order valence-corrected chi connectivity index (χ0v) is 20.1. The first-order valence-electron chi connectivity index (χ1n) is 11.0. The van der Waals surface area contributed by atoms with Crippen molar-refractivity contribution in [1.82, 2.24) is 4.57 Å². The van der Waals surface area contributed by atoms with Crippen LogP contribution in [0.2, 0.25) is 0 Å². The Labute approximate surface area is 210 Å². The highest BCUT2D eigenvalue weighted by atomic mass is 19.2. The van der Waals surface area contributed by atoms with Gasteiger partial charge in [-0.25, -0.2) is 8.78 Å². The molecule has 10 heteroatoms. The number of hydrogen-bond acceptors (Lipinski definition) is 6. The van der Waals surface area contributed by atoms with Gasteiger partial charge in [0, 0.05) is 29.6 Å². The van der Waals surface area contributed by atoms with Gasteiger partial charge in [-0.15, -0.1) is 0 Å². The SMILES string of the molecule is COc1ccc(C(=O)c2cn(CC(=O)Nc3ccc(F)c(F)c3)c3cc(OC)c(OC)cc3c2=O)cc1. The minimum Gasteiger partial charge on any atom is -0.497 e. The molecule has 4 rings (SSSR count). The molecule has 0 saturated carbocycles. The average Bonchev–Trinajstić information content (AvgIpc) is 2.91. The summed E-state index contributed by atoms with van der Waals surface area (Å²) in [6.45, 7) is -0.353. The van der Waals surface area contributed by atoms with Gasteiger partial charge >= 0.3 is 0 Å². The predicted molar refractivity (Wildman–Crippen MR) is 133 cm³/mol. The summed E-state index contributed by atoms with van der Waals surface area (Å²) < 4.78 is 44.0. The van der Waals surface area contributed by atoms with Crippen LogP contribution < -0.4 is 25.0 Å². The Morgan fingerprint density at radius 2 is 1.54 bits per heavy atom. The van der Waals surface area contributed by atoms with Gasteiger partial charge in [0.1, 0.15) is 12.3 Å². The summed E-state index contributed by atoms with van der Waals surface area (Å²) in [5.41, 5.74) is -0.146. The van der Waals surface area contributed by atoms with E-state index in [1.54, 1.807) is 12.1 Å². The maximum absolute atomic E-state index is 13.6. The Kier molecular flexibility index (Phi) is 7.19. The molecule has 0 aliphatic heterocycles. The van der Waals surface area contributed by atoms with E-state index in [9.17, 15) is 23.2 Å². The third kappa shape index (κ3) is 5.13. The molecule has 0 unspecified atom stereocenters. The standard InChI is InChI=1S/C27H22F2N2O6/c1-35-17-7-4-15(5-8-17)26(33)19-13-31(14-25(32)30-16-6-9-20(28)21(29)10-16)22-12-24(37-3)23(36-2)11-18(22)27(19)34/h4-13H,14H2,1-3H3,(H,30,32). The molecule has 0 aliphatic carbocycles. The van der Waals surface area contributed by atoms with Gasteiger partial charge in [-0.1, -0.05) is 0 Å². The highest BCUT2D eigenvalue weighted by Crippen LogP contribution is 2.31. The Morgan fingerprint density at radius 3 is 2.16 bits per heavy atom. The largest absolute Gasteiger partial charge is 0.497 e. The number of rotatable bonds is 8. The van der Waals surface area contributed by atoms with Crippen LogP contribution in [0, 0.1) is 11.6 Å². The van der Waals surface area contributed by atoms with Crippen molar-refractivity contribution in [3.8, 4) is 17.2 Å². The first-order chi connectivity index (χ1) is 17.7. The van der Waals surface area contributed by atoms with Crippen molar-refractivity contribution in [2.45, 2.75) is 6.54 Å². The number of fused-ring (bicyclic) bond motifs is 1. The van der Waals surface area contributed by atoms with Gasteiger partial charge in [0.25, 0.3) is 0 Å². The maximum Gasteiger partial charge on any atom is 0.244 e. The number of amides is 1. The summed E-state index contributed by atoms with van der Waals surface area (Å²) in [7, 11) is 4.32. The number of anilines is 1. The molecule has 3 aromatic carbocycles. The first-order valence-corrected chi connectivity index (χ1v) is 11.0. The van der Waals surface area contributed by atoms with Crippen LogP contribution in [0.15, 0.2) is 65.6 Å². The fourth-order valence-electron chi connectivity index (χ4n) is 3.84. The van der Waals surface area contributed by atoms with Crippen LogP contribution in [-0.4, -0.2) is 37.6 Å². The zero-order valence-electron chi connectivity index (χ0n) is 20.1. The lowest BCUT2D eigenvalue weighted by atomic mass is 10.0. The molecule has 1 amide bonds. The number of ketones is 1. The van der Waals surface area contributed by atoms with E-state index in [2.05, 4.69) is 5.32 Å². The minimum absolute atomic E-state index is 0.0445. The molecule has 1 N–H and O–H groups in total. The smallest absolute Gasteiger partial charge is 0.244 e. The Morgan fingerprint density at radius 1 is 0.865 bits per heavy atom. The van der Waals surface area contributed by atoms with E-state index >= 15 is 0 Å². The van der Waals surface area contributed by atoms with E-state index in [4.69, 9.17) is 14.2 Å². The van der Waals surface area contributed by atoms with Crippen LogP contribution in [0.3, 0.4) is 0 Å². The zero-order chi connectivity index (χ0) is 26.7. The van der Waals surface area contributed by atoms with Crippen LogP contribution in [0.4, 0.5) is 14.5 Å². The number of nitrogens with zero attached hydrogens (tertiary/aromatic N) is 1. The van der Waals surface area contributed by atoms with E-state index in [1.165, 1.54) is 62.4 Å². The van der Waals surface area contributed by atoms with Crippen molar-refractivity contribution in [3.05, 3.63) is 93.8 Å². The predicted octanol–water partition coefficient (Wildman–Crippen LogP) is 4.18. The normalized spacial score (nSPS) is 10.7. The summed E-state index contributed by atoms with van der Waals surface area (Å²) in [6, 6.07) is 12.1. The van der Waals surface area contributed by atoms with Gasteiger partial charge < -0.3 is 24.1 Å². The van der Waals surface area contributed by atoms with Crippen molar-refractivity contribution < 1.29 is 32.6 Å². The molecule has 190 valence electrons. The molecule has 37 heavy (non-hydrogen) atoms. The molecule has 0 atom stereocenters. The summed E-state index contributed by atoms with van der Waals surface area (Å²) in [4.78, 5) is 39.5. The number of halogens is 2. The van der Waals surface area contributed by atoms with Crippen LogP contribution in [0.5, 0.6) is 17.2 Å². The Bertz CT molecular complexity index is 1560. The number of ether oxygens (including phenoxy) is 3. The molecule has 1 aromatic heterocycles. The highest BCUT2D eigenvalue weighted by molar-refractivity contribution is 6.10. The number of pyridine rings is 1. The molecule has 0 aliphatic rings. The van der Waals surface area contributed by atoms with Gasteiger partial charge in [-0.05, 0) is 42.5 Å². The van der Waals surface area contributed by atoms with Crippen LogP contribution in [-0.2, 0) is 11.3 Å². The first kappa shape index (κ1) is 25.4. The number of nitrogens with one attached hydrogen (secondary N) is 1. The molecule has 0 radical (unpaired) electrons. The summed E-state index contributed by atoms with van der Waals surface area (Å²) in [5.74, 6) is -2.22. The lowest BCUT2D eigenvalue weighted by Crippen LogP contribution is -2.24. The second-order valence-electron chi connectivity index (χ2n) is 7.96. The van der Waals surface area contributed by atoms with Crippen molar-refractivity contribution in [1.29, 1.82) is 0 Å². The Hall–Kier alpha value is -4.73. The third-order valence-electron chi connectivity index (χ3n) is 5.70. The van der Waals surface area contributed by atoms with Crippen molar-refractivity contribution in [2.75, 3.05) is 26.6 Å². The number of benzene rings is 3. The van der Waals surface area contributed by atoms with E-state index in [0.29, 0.717) is 17.0 Å². The molecule has 0 spiro atoms. The monoisotopic (exact) mass is 508 g/mol. The maximum atomic E-state index is 13.6. The summed E-state index contributed by atoms with van der Waals surface area (Å²) in [5, 5.41) is 2.61. The summed E-state index contributed by atoms with van der Waals surface area (Å²) >= 11 is 0. The van der Waals surface area contributed by atoms with Crippen LogP contribution in [0.1, 0.15) is 15.9 Å². The van der Waals surface area contributed by atoms with Gasteiger partial charge in [-0.3, -0.25) is 14.4 Å². The quantitative estimate of drug-likeness (QED) is 0.359. The van der Waals surface area contributed by atoms with Gasteiger partial charge in [0.15, 0.2) is 28.9 Å². The van der Waals surface area contributed by atoms with Crippen LogP contribution >= 0.6 is 0 Å². The molecule has 1 heterocycles. The second-order valence-corrected chi connectivity index (χ2v) is 7.96. The Balaban J connectivity index is 1.81. The van der Waals surface area contributed by atoms with Gasteiger partial charge in [0.05, 0.1) is 37.8 Å². The fourth-order valence-corrected chi connectivity index (χ4v) is 3.84. The average molecular weight is 508 g/mol. The number of methoxy groups -OCH3 is 3. The number of hydrogen-bond donors (Lipinski definition) is 1. The molecule has 0 saturated heterocycles. The van der Waals surface area contributed by atoms with Gasteiger partial charge in [0.2, 0.25) is 11.3 Å². The van der Waals surface area contributed by atoms with E-state index in [0.717, 1.165) is 12.1 Å². The molecule has 4 aromatic rings. The van der Waals surface area contributed by atoms with Crippen molar-refractivity contribution >= 4 is 28.3 Å². The summed E-state index contributed by atoms with van der Waals surface area (Å²) in [6.07, 6.45) is 1.29. The molecule has 0 fully saturated rings. The number of aromatic nitrogens is 1. The fraction of sp³-hybridized carbons (Fsp3) is 0.148. The molecule has 8 nitrogen and oxygen atoms in total. The van der Waals surface area contributed by atoms with E-state index < -0.39 is 28.8 Å². The molecular formula is C27H22F2N2O6.